The number of esters is 1. The maximum atomic E-state index is 12.4. The Hall–Kier alpha value is -2.18. The lowest BCUT2D eigenvalue weighted by Gasteiger charge is -2.32. The predicted molar refractivity (Wildman–Crippen MR) is 93.1 cm³/mol. The van der Waals surface area contributed by atoms with E-state index in [1.54, 1.807) is 17.3 Å². The maximum Gasteiger partial charge on any atom is 0.321 e. The molecule has 2 aliphatic rings. The molecule has 136 valence electrons. The van der Waals surface area contributed by atoms with Gasteiger partial charge in [0, 0.05) is 18.5 Å². The van der Waals surface area contributed by atoms with E-state index in [2.05, 4.69) is 15.3 Å². The Kier molecular flexibility index (Phi) is 4.43. The van der Waals surface area contributed by atoms with Crippen molar-refractivity contribution in [2.24, 2.45) is 11.3 Å². The lowest BCUT2D eigenvalue weighted by Crippen LogP contribution is -2.42. The molecule has 1 N–H and O–H groups in total. The molecule has 1 aliphatic heterocycles. The first-order chi connectivity index (χ1) is 11.7. The number of likely N-dealkylation sites (tertiary alicyclic amines) is 1. The number of amides is 2. The Balaban J connectivity index is 1.53. The van der Waals surface area contributed by atoms with Gasteiger partial charge in [0.15, 0.2) is 0 Å². The number of aromatic nitrogens is 2. The van der Waals surface area contributed by atoms with Gasteiger partial charge in [-0.1, -0.05) is 20.8 Å². The van der Waals surface area contributed by atoms with E-state index >= 15 is 0 Å². The highest BCUT2D eigenvalue weighted by Gasteiger charge is 2.59. The van der Waals surface area contributed by atoms with Crippen LogP contribution in [0, 0.1) is 11.3 Å². The molecule has 2 amide bonds. The van der Waals surface area contributed by atoms with Crippen molar-refractivity contribution in [3.05, 3.63) is 18.2 Å². The van der Waals surface area contributed by atoms with E-state index < -0.39 is 0 Å². The summed E-state index contributed by atoms with van der Waals surface area (Å²) in [5, 5.41) is 2.85. The molecule has 0 bridgehead atoms. The molecule has 0 radical (unpaired) electrons. The first-order valence-electron chi connectivity index (χ1n) is 8.71. The number of carbonyl (C=O) groups excluding carboxylic acids is 2. The summed E-state index contributed by atoms with van der Waals surface area (Å²) in [6.45, 7) is 7.44. The number of urea groups is 1. The SMILES string of the molecule is COC(=O)[C@@H]1CC12CCN(C(=O)Nc1cnc(C(C)(C)C)nc1)CC2. The van der Waals surface area contributed by atoms with Gasteiger partial charge in [0.05, 0.1) is 31.1 Å². The van der Waals surface area contributed by atoms with E-state index in [9.17, 15) is 9.59 Å². The number of hydrogen-bond donors (Lipinski definition) is 1. The lowest BCUT2D eigenvalue weighted by atomic mass is 9.91. The molecule has 0 aromatic carbocycles. The van der Waals surface area contributed by atoms with Crippen LogP contribution in [0.5, 0.6) is 0 Å². The monoisotopic (exact) mass is 346 g/mol. The van der Waals surface area contributed by atoms with Crippen molar-refractivity contribution in [2.75, 3.05) is 25.5 Å². The van der Waals surface area contributed by atoms with E-state index in [0.717, 1.165) is 25.1 Å². The van der Waals surface area contributed by atoms with E-state index in [1.165, 1.54) is 7.11 Å². The smallest absolute Gasteiger partial charge is 0.321 e. The standard InChI is InChI=1S/C18H26N4O3/c1-17(2,3)15-19-10-12(11-20-15)21-16(24)22-7-5-18(6-8-22)9-13(18)14(23)25-4/h10-11,13H,5-9H2,1-4H3,(H,21,24)/t13-/m0/s1. The number of hydrogen-bond acceptors (Lipinski definition) is 5. The fourth-order valence-corrected chi connectivity index (χ4v) is 3.51. The van der Waals surface area contributed by atoms with Crippen molar-refractivity contribution in [2.45, 2.75) is 45.4 Å². The van der Waals surface area contributed by atoms with Crippen LogP contribution in [0.1, 0.15) is 45.9 Å². The Morgan fingerprint density at radius 3 is 2.36 bits per heavy atom. The number of methoxy groups -OCH3 is 1. The molecule has 0 unspecified atom stereocenters. The third-order valence-electron chi connectivity index (χ3n) is 5.30. The Morgan fingerprint density at radius 2 is 1.84 bits per heavy atom. The molecular formula is C18H26N4O3. The summed E-state index contributed by atoms with van der Waals surface area (Å²) in [4.78, 5) is 34.5. The molecule has 1 aliphatic carbocycles. The van der Waals surface area contributed by atoms with Crippen molar-refractivity contribution in [1.29, 1.82) is 0 Å². The Bertz CT molecular complexity index is 658. The van der Waals surface area contributed by atoms with Gasteiger partial charge in [0.1, 0.15) is 5.82 Å². The van der Waals surface area contributed by atoms with Crippen LogP contribution in [0.15, 0.2) is 12.4 Å². The summed E-state index contributed by atoms with van der Waals surface area (Å²) in [5.41, 5.74) is 0.531. The normalized spacial score (nSPS) is 21.8. The number of anilines is 1. The molecule has 2 fully saturated rings. The van der Waals surface area contributed by atoms with E-state index in [-0.39, 0.29) is 28.7 Å². The molecule has 2 heterocycles. The molecule has 7 heteroatoms. The molecule has 3 rings (SSSR count). The summed E-state index contributed by atoms with van der Waals surface area (Å²) in [6.07, 6.45) is 5.87. The van der Waals surface area contributed by atoms with Crippen molar-refractivity contribution in [3.63, 3.8) is 0 Å². The highest BCUT2D eigenvalue weighted by molar-refractivity contribution is 5.89. The van der Waals surface area contributed by atoms with Crippen LogP contribution < -0.4 is 5.32 Å². The van der Waals surface area contributed by atoms with Gasteiger partial charge in [-0.25, -0.2) is 14.8 Å². The fraction of sp³-hybridized carbons (Fsp3) is 0.667. The zero-order valence-electron chi connectivity index (χ0n) is 15.3. The topological polar surface area (TPSA) is 84.4 Å². The van der Waals surface area contributed by atoms with Crippen LogP contribution in [0.4, 0.5) is 10.5 Å². The molecular weight excluding hydrogens is 320 g/mol. The molecule has 25 heavy (non-hydrogen) atoms. The first-order valence-corrected chi connectivity index (χ1v) is 8.71. The van der Waals surface area contributed by atoms with Crippen LogP contribution in [-0.4, -0.2) is 47.1 Å². The number of nitrogens with zero attached hydrogens (tertiary/aromatic N) is 3. The average Bonchev–Trinajstić information content (AvgIpc) is 3.27. The van der Waals surface area contributed by atoms with Crippen molar-refractivity contribution in [3.8, 4) is 0 Å². The molecule has 1 atom stereocenters. The molecule has 1 aromatic rings. The van der Waals surface area contributed by atoms with Gasteiger partial charge in [0.2, 0.25) is 0 Å². The first kappa shape index (κ1) is 17.6. The number of rotatable bonds is 2. The van der Waals surface area contributed by atoms with Crippen LogP contribution in [0.3, 0.4) is 0 Å². The average molecular weight is 346 g/mol. The molecule has 1 aromatic heterocycles. The van der Waals surface area contributed by atoms with Gasteiger partial charge in [-0.3, -0.25) is 4.79 Å². The van der Waals surface area contributed by atoms with Crippen molar-refractivity contribution < 1.29 is 14.3 Å². The van der Waals surface area contributed by atoms with Crippen LogP contribution >= 0.6 is 0 Å². The van der Waals surface area contributed by atoms with Gasteiger partial charge >= 0.3 is 12.0 Å². The van der Waals surface area contributed by atoms with Gasteiger partial charge in [0.25, 0.3) is 0 Å². The minimum atomic E-state index is -0.141. The highest BCUT2D eigenvalue weighted by Crippen LogP contribution is 2.59. The quantitative estimate of drug-likeness (QED) is 0.832. The summed E-state index contributed by atoms with van der Waals surface area (Å²) >= 11 is 0. The molecule has 1 saturated heterocycles. The Morgan fingerprint density at radius 1 is 1.24 bits per heavy atom. The minimum Gasteiger partial charge on any atom is -0.469 e. The largest absolute Gasteiger partial charge is 0.469 e. The van der Waals surface area contributed by atoms with E-state index in [4.69, 9.17) is 4.74 Å². The summed E-state index contributed by atoms with van der Waals surface area (Å²) in [7, 11) is 1.43. The number of piperidine rings is 1. The highest BCUT2D eigenvalue weighted by atomic mass is 16.5. The zero-order valence-corrected chi connectivity index (χ0v) is 15.3. The number of carbonyl (C=O) groups is 2. The third-order valence-corrected chi connectivity index (χ3v) is 5.30. The maximum absolute atomic E-state index is 12.4. The third kappa shape index (κ3) is 3.60. The minimum absolute atomic E-state index is 0.0149. The second kappa shape index (κ2) is 6.28. The van der Waals surface area contributed by atoms with E-state index in [1.807, 2.05) is 20.8 Å². The number of ether oxygens (including phenoxy) is 1. The Labute approximate surface area is 148 Å². The van der Waals surface area contributed by atoms with Gasteiger partial charge in [-0.05, 0) is 24.7 Å². The zero-order chi connectivity index (χ0) is 18.2. The second-order valence-corrected chi connectivity index (χ2v) is 8.10. The van der Waals surface area contributed by atoms with Crippen molar-refractivity contribution in [1.82, 2.24) is 14.9 Å². The fourth-order valence-electron chi connectivity index (χ4n) is 3.51. The van der Waals surface area contributed by atoms with Crippen molar-refractivity contribution >= 4 is 17.7 Å². The van der Waals surface area contributed by atoms with Gasteiger partial charge < -0.3 is 15.0 Å². The van der Waals surface area contributed by atoms with Gasteiger partial charge in [-0.15, -0.1) is 0 Å². The van der Waals surface area contributed by atoms with Crippen LogP contribution in [0.25, 0.3) is 0 Å². The summed E-state index contributed by atoms with van der Waals surface area (Å²) in [5.74, 6) is 0.642. The predicted octanol–water partition coefficient (Wildman–Crippen LogP) is 2.58. The number of nitrogens with one attached hydrogen (secondary N) is 1. The van der Waals surface area contributed by atoms with Crippen LogP contribution in [0.2, 0.25) is 0 Å². The van der Waals surface area contributed by atoms with E-state index in [0.29, 0.717) is 18.8 Å². The summed E-state index contributed by atoms with van der Waals surface area (Å²) in [6, 6.07) is -0.141. The molecule has 1 spiro atoms. The summed E-state index contributed by atoms with van der Waals surface area (Å²) < 4.78 is 4.84. The molecule has 7 nitrogen and oxygen atoms in total. The van der Waals surface area contributed by atoms with Crippen LogP contribution in [-0.2, 0) is 14.9 Å². The second-order valence-electron chi connectivity index (χ2n) is 8.10. The molecule has 1 saturated carbocycles. The lowest BCUT2D eigenvalue weighted by molar-refractivity contribution is -0.143. The van der Waals surface area contributed by atoms with Gasteiger partial charge in [-0.2, -0.15) is 0 Å².